The van der Waals surface area contributed by atoms with Crippen molar-refractivity contribution < 1.29 is 9.18 Å². The number of Topliss-reactive ketones (excluding diaryl/α,β-unsaturated/α-hetero) is 1. The van der Waals surface area contributed by atoms with Gasteiger partial charge in [-0.05, 0) is 41.7 Å². The average Bonchev–Trinajstić information content (AvgIpc) is 2.50. The summed E-state index contributed by atoms with van der Waals surface area (Å²) in [5, 5.41) is 0. The van der Waals surface area contributed by atoms with Gasteiger partial charge in [-0.25, -0.2) is 4.39 Å². The van der Waals surface area contributed by atoms with Crippen LogP contribution in [0.3, 0.4) is 0 Å². The van der Waals surface area contributed by atoms with Crippen molar-refractivity contribution in [3.8, 4) is 0 Å². The predicted octanol–water partition coefficient (Wildman–Crippen LogP) is 4.71. The average molecular weight is 294 g/mol. The minimum Gasteiger partial charge on any atom is -0.294 e. The van der Waals surface area contributed by atoms with Crippen LogP contribution in [0.4, 0.5) is 4.39 Å². The number of halogens is 1. The van der Waals surface area contributed by atoms with Gasteiger partial charge in [0.2, 0.25) is 0 Å². The Morgan fingerprint density at radius 3 is 2.05 bits per heavy atom. The Morgan fingerprint density at radius 2 is 1.45 bits per heavy atom. The molecule has 0 bridgehead atoms. The molecule has 0 unspecified atom stereocenters. The van der Waals surface area contributed by atoms with E-state index in [9.17, 15) is 9.18 Å². The molecule has 0 heterocycles. The Bertz CT molecular complexity index is 683. The van der Waals surface area contributed by atoms with Gasteiger partial charge in [-0.2, -0.15) is 0 Å². The molecule has 0 amide bonds. The number of rotatable bonds is 7. The summed E-state index contributed by atoms with van der Waals surface area (Å²) in [7, 11) is 0. The van der Waals surface area contributed by atoms with Crippen molar-refractivity contribution in [2.75, 3.05) is 0 Å². The van der Waals surface area contributed by atoms with E-state index in [-0.39, 0.29) is 17.8 Å². The van der Waals surface area contributed by atoms with E-state index >= 15 is 0 Å². The SMILES string of the molecule is C=CCc1ccc(CC(=O)c2ccc(CC=C)cc2F)cc1. The highest BCUT2D eigenvalue weighted by molar-refractivity contribution is 5.97. The summed E-state index contributed by atoms with van der Waals surface area (Å²) in [6.45, 7) is 7.32. The van der Waals surface area contributed by atoms with E-state index in [4.69, 9.17) is 0 Å². The molecule has 0 aromatic heterocycles. The van der Waals surface area contributed by atoms with Crippen molar-refractivity contribution in [2.45, 2.75) is 19.3 Å². The molecule has 0 atom stereocenters. The maximum atomic E-state index is 14.0. The molecule has 0 saturated carbocycles. The first-order valence-corrected chi connectivity index (χ1v) is 7.25. The third kappa shape index (κ3) is 4.01. The molecular weight excluding hydrogens is 275 g/mol. The molecule has 0 fully saturated rings. The van der Waals surface area contributed by atoms with E-state index in [0.29, 0.717) is 6.42 Å². The van der Waals surface area contributed by atoms with Gasteiger partial charge < -0.3 is 0 Å². The molecule has 2 rings (SSSR count). The highest BCUT2D eigenvalue weighted by atomic mass is 19.1. The van der Waals surface area contributed by atoms with Crippen molar-refractivity contribution in [1.29, 1.82) is 0 Å². The lowest BCUT2D eigenvalue weighted by molar-refractivity contribution is 0.0989. The molecule has 2 aromatic rings. The zero-order valence-electron chi connectivity index (χ0n) is 12.5. The number of carbonyl (C=O) groups is 1. The number of benzene rings is 2. The Kier molecular flexibility index (Phi) is 5.42. The van der Waals surface area contributed by atoms with Gasteiger partial charge in [0.25, 0.3) is 0 Å². The second kappa shape index (κ2) is 7.51. The number of allylic oxidation sites excluding steroid dienone is 2. The van der Waals surface area contributed by atoms with Crippen molar-refractivity contribution in [2.24, 2.45) is 0 Å². The van der Waals surface area contributed by atoms with Gasteiger partial charge in [0.15, 0.2) is 5.78 Å². The van der Waals surface area contributed by atoms with Crippen LogP contribution in [0.1, 0.15) is 27.0 Å². The van der Waals surface area contributed by atoms with Crippen molar-refractivity contribution >= 4 is 5.78 Å². The highest BCUT2D eigenvalue weighted by Crippen LogP contribution is 2.15. The number of ketones is 1. The summed E-state index contributed by atoms with van der Waals surface area (Å²) in [6.07, 6.45) is 5.14. The summed E-state index contributed by atoms with van der Waals surface area (Å²) in [6, 6.07) is 12.5. The second-order valence-electron chi connectivity index (χ2n) is 5.22. The van der Waals surface area contributed by atoms with E-state index in [2.05, 4.69) is 13.2 Å². The predicted molar refractivity (Wildman–Crippen MR) is 88.7 cm³/mol. The third-order valence-electron chi connectivity index (χ3n) is 3.48. The van der Waals surface area contributed by atoms with E-state index in [1.165, 1.54) is 6.07 Å². The smallest absolute Gasteiger partial charge is 0.170 e. The summed E-state index contributed by atoms with van der Waals surface area (Å²) < 4.78 is 14.0. The lowest BCUT2D eigenvalue weighted by Gasteiger charge is -2.06. The van der Waals surface area contributed by atoms with Crippen molar-refractivity contribution in [3.05, 3.63) is 95.8 Å². The number of hydrogen-bond donors (Lipinski definition) is 0. The summed E-state index contributed by atoms with van der Waals surface area (Å²) in [4.78, 5) is 12.2. The summed E-state index contributed by atoms with van der Waals surface area (Å²) in [5.74, 6) is -0.674. The van der Waals surface area contributed by atoms with Gasteiger partial charge in [-0.3, -0.25) is 4.79 Å². The zero-order chi connectivity index (χ0) is 15.9. The minimum absolute atomic E-state index is 0.142. The number of hydrogen-bond acceptors (Lipinski definition) is 1. The fraction of sp³-hybridized carbons (Fsp3) is 0.150. The van der Waals surface area contributed by atoms with Crippen LogP contribution in [0.2, 0.25) is 0 Å². The fourth-order valence-corrected chi connectivity index (χ4v) is 2.32. The molecule has 0 radical (unpaired) electrons. The standard InChI is InChI=1S/C20H19FO/c1-3-5-15-7-9-17(10-8-15)14-20(22)18-12-11-16(6-4-2)13-19(18)21/h3-4,7-13H,1-2,5-6,14H2. The quantitative estimate of drug-likeness (QED) is 0.534. The van der Waals surface area contributed by atoms with Crippen LogP contribution in [0.15, 0.2) is 67.8 Å². The van der Waals surface area contributed by atoms with Gasteiger partial charge in [-0.15, -0.1) is 13.2 Å². The highest BCUT2D eigenvalue weighted by Gasteiger charge is 2.12. The first-order chi connectivity index (χ1) is 10.6. The molecule has 22 heavy (non-hydrogen) atoms. The largest absolute Gasteiger partial charge is 0.294 e. The van der Waals surface area contributed by atoms with Crippen LogP contribution in [0.25, 0.3) is 0 Å². The minimum atomic E-state index is -0.465. The summed E-state index contributed by atoms with van der Waals surface area (Å²) >= 11 is 0. The molecule has 1 nitrogen and oxygen atoms in total. The molecule has 0 aliphatic rings. The Morgan fingerprint density at radius 1 is 0.909 bits per heavy atom. The Labute approximate surface area is 130 Å². The van der Waals surface area contributed by atoms with Gasteiger partial charge in [0.1, 0.15) is 5.82 Å². The van der Waals surface area contributed by atoms with Crippen LogP contribution in [0.5, 0.6) is 0 Å². The zero-order valence-corrected chi connectivity index (χ0v) is 12.5. The van der Waals surface area contributed by atoms with Crippen molar-refractivity contribution in [3.63, 3.8) is 0 Å². The monoisotopic (exact) mass is 294 g/mol. The topological polar surface area (TPSA) is 17.1 Å². The maximum Gasteiger partial charge on any atom is 0.170 e. The first kappa shape index (κ1) is 15.9. The molecule has 112 valence electrons. The molecule has 2 aromatic carbocycles. The number of carbonyl (C=O) groups excluding carboxylic acids is 1. The summed E-state index contributed by atoms with van der Waals surface area (Å²) in [5.41, 5.74) is 2.99. The Balaban J connectivity index is 2.11. The molecule has 0 aliphatic carbocycles. The van der Waals surface area contributed by atoms with Crippen LogP contribution < -0.4 is 0 Å². The molecule has 0 spiro atoms. The molecular formula is C20H19FO. The van der Waals surface area contributed by atoms with Crippen LogP contribution >= 0.6 is 0 Å². The first-order valence-electron chi connectivity index (χ1n) is 7.25. The van der Waals surface area contributed by atoms with Gasteiger partial charge in [0, 0.05) is 6.42 Å². The fourth-order valence-electron chi connectivity index (χ4n) is 2.32. The van der Waals surface area contributed by atoms with E-state index in [1.54, 1.807) is 18.2 Å². The Hall–Kier alpha value is -2.48. The van der Waals surface area contributed by atoms with Gasteiger partial charge in [0.05, 0.1) is 5.56 Å². The molecule has 0 aliphatic heterocycles. The normalized spacial score (nSPS) is 10.2. The second-order valence-corrected chi connectivity index (χ2v) is 5.22. The van der Waals surface area contributed by atoms with Crippen LogP contribution in [0, 0.1) is 5.82 Å². The molecule has 0 N–H and O–H groups in total. The molecule has 0 saturated heterocycles. The van der Waals surface area contributed by atoms with Crippen LogP contribution in [-0.4, -0.2) is 5.78 Å². The van der Waals surface area contributed by atoms with E-state index in [0.717, 1.165) is 23.1 Å². The lowest BCUT2D eigenvalue weighted by atomic mass is 9.99. The van der Waals surface area contributed by atoms with E-state index < -0.39 is 5.82 Å². The van der Waals surface area contributed by atoms with Gasteiger partial charge in [-0.1, -0.05) is 42.5 Å². The van der Waals surface area contributed by atoms with E-state index in [1.807, 2.05) is 30.3 Å². The third-order valence-corrected chi connectivity index (χ3v) is 3.48. The van der Waals surface area contributed by atoms with Crippen LogP contribution in [-0.2, 0) is 19.3 Å². The maximum absolute atomic E-state index is 14.0. The molecule has 2 heteroatoms. The van der Waals surface area contributed by atoms with Crippen molar-refractivity contribution in [1.82, 2.24) is 0 Å². The van der Waals surface area contributed by atoms with Gasteiger partial charge >= 0.3 is 0 Å². The lowest BCUT2D eigenvalue weighted by Crippen LogP contribution is -2.06.